The molecular formula is C15H27N3O3. The minimum atomic E-state index is -0.213. The van der Waals surface area contributed by atoms with Crippen molar-refractivity contribution in [3.63, 3.8) is 0 Å². The summed E-state index contributed by atoms with van der Waals surface area (Å²) in [7, 11) is 0. The van der Waals surface area contributed by atoms with Gasteiger partial charge in [0.2, 0.25) is 11.8 Å². The number of nitrogens with one attached hydrogen (secondary N) is 2. The first-order valence-corrected chi connectivity index (χ1v) is 8.06. The average Bonchev–Trinajstić information content (AvgIpc) is 2.49. The summed E-state index contributed by atoms with van der Waals surface area (Å²) in [6.45, 7) is 2.49. The second-order valence-electron chi connectivity index (χ2n) is 6.09. The molecule has 1 aliphatic heterocycles. The van der Waals surface area contributed by atoms with Crippen LogP contribution in [0.1, 0.15) is 44.9 Å². The number of primary amides is 1. The maximum atomic E-state index is 11.9. The van der Waals surface area contributed by atoms with Crippen LogP contribution in [0.15, 0.2) is 0 Å². The van der Waals surface area contributed by atoms with E-state index in [-0.39, 0.29) is 23.8 Å². The van der Waals surface area contributed by atoms with Gasteiger partial charge < -0.3 is 21.1 Å². The fourth-order valence-corrected chi connectivity index (χ4v) is 3.10. The third-order valence-electron chi connectivity index (χ3n) is 4.46. The van der Waals surface area contributed by atoms with E-state index in [2.05, 4.69) is 10.6 Å². The van der Waals surface area contributed by atoms with E-state index in [4.69, 9.17) is 10.5 Å². The Morgan fingerprint density at radius 1 is 1.10 bits per heavy atom. The van der Waals surface area contributed by atoms with E-state index in [9.17, 15) is 9.59 Å². The van der Waals surface area contributed by atoms with E-state index >= 15 is 0 Å². The van der Waals surface area contributed by atoms with E-state index < -0.39 is 0 Å². The van der Waals surface area contributed by atoms with Crippen LogP contribution >= 0.6 is 0 Å². The molecule has 2 amide bonds. The van der Waals surface area contributed by atoms with Crippen LogP contribution in [-0.2, 0) is 14.3 Å². The van der Waals surface area contributed by atoms with E-state index in [0.29, 0.717) is 19.1 Å². The summed E-state index contributed by atoms with van der Waals surface area (Å²) in [5.41, 5.74) is 5.30. The molecule has 1 aliphatic carbocycles. The minimum absolute atomic E-state index is 0.0126. The second-order valence-corrected chi connectivity index (χ2v) is 6.09. The lowest BCUT2D eigenvalue weighted by molar-refractivity contribution is -0.124. The zero-order valence-corrected chi connectivity index (χ0v) is 12.6. The lowest BCUT2D eigenvalue weighted by Gasteiger charge is -2.27. The van der Waals surface area contributed by atoms with Gasteiger partial charge in [-0.15, -0.1) is 0 Å². The van der Waals surface area contributed by atoms with Gasteiger partial charge >= 0.3 is 0 Å². The Hall–Kier alpha value is -1.14. The van der Waals surface area contributed by atoms with Gasteiger partial charge in [0.1, 0.15) is 0 Å². The minimum Gasteiger partial charge on any atom is -0.378 e. The molecule has 0 aromatic heterocycles. The predicted octanol–water partition coefficient (Wildman–Crippen LogP) is 0.305. The van der Waals surface area contributed by atoms with E-state index in [1.165, 1.54) is 0 Å². The van der Waals surface area contributed by atoms with E-state index in [1.54, 1.807) is 0 Å². The molecule has 0 bridgehead atoms. The molecular weight excluding hydrogens is 270 g/mol. The van der Waals surface area contributed by atoms with Gasteiger partial charge in [-0.05, 0) is 51.6 Å². The van der Waals surface area contributed by atoms with Crippen molar-refractivity contribution < 1.29 is 14.3 Å². The molecule has 6 heteroatoms. The number of nitrogens with two attached hydrogens (primary N) is 1. The van der Waals surface area contributed by atoms with Crippen molar-refractivity contribution in [3.05, 3.63) is 0 Å². The first kappa shape index (κ1) is 16.2. The third-order valence-corrected chi connectivity index (χ3v) is 4.46. The van der Waals surface area contributed by atoms with Crippen molar-refractivity contribution in [1.82, 2.24) is 10.6 Å². The summed E-state index contributed by atoms with van der Waals surface area (Å²) < 4.78 is 5.73. The zero-order valence-electron chi connectivity index (χ0n) is 12.6. The van der Waals surface area contributed by atoms with Crippen molar-refractivity contribution in [2.75, 3.05) is 19.7 Å². The number of rotatable bonds is 6. The fourth-order valence-electron chi connectivity index (χ4n) is 3.10. The summed E-state index contributed by atoms with van der Waals surface area (Å²) in [6.07, 6.45) is 6.02. The van der Waals surface area contributed by atoms with Crippen molar-refractivity contribution in [1.29, 1.82) is 0 Å². The molecule has 1 heterocycles. The zero-order chi connectivity index (χ0) is 15.1. The average molecular weight is 297 g/mol. The normalized spacial score (nSPS) is 27.2. The van der Waals surface area contributed by atoms with Crippen molar-refractivity contribution in [2.24, 2.45) is 11.7 Å². The van der Waals surface area contributed by atoms with Crippen molar-refractivity contribution >= 4 is 11.8 Å². The molecule has 4 N–H and O–H groups in total. The Morgan fingerprint density at radius 3 is 2.38 bits per heavy atom. The summed E-state index contributed by atoms with van der Waals surface area (Å²) >= 11 is 0. The molecule has 0 aromatic carbocycles. The molecule has 2 rings (SSSR count). The van der Waals surface area contributed by atoms with Gasteiger partial charge in [0.05, 0.1) is 12.7 Å². The highest BCUT2D eigenvalue weighted by atomic mass is 16.5. The molecule has 120 valence electrons. The molecule has 6 nitrogen and oxygen atoms in total. The van der Waals surface area contributed by atoms with Crippen LogP contribution in [0.4, 0.5) is 0 Å². The molecule has 0 unspecified atom stereocenters. The van der Waals surface area contributed by atoms with Gasteiger partial charge in [0.15, 0.2) is 0 Å². The third kappa shape index (κ3) is 5.63. The van der Waals surface area contributed by atoms with Crippen LogP contribution in [0.5, 0.6) is 0 Å². The van der Waals surface area contributed by atoms with Crippen LogP contribution in [0.3, 0.4) is 0 Å². The Morgan fingerprint density at radius 2 is 1.76 bits per heavy atom. The molecule has 0 radical (unpaired) electrons. The number of carbonyl (C=O) groups is 2. The van der Waals surface area contributed by atoms with Crippen LogP contribution < -0.4 is 16.4 Å². The Balaban J connectivity index is 1.56. The van der Waals surface area contributed by atoms with Crippen LogP contribution in [-0.4, -0.2) is 43.7 Å². The Kier molecular flexibility index (Phi) is 6.45. The van der Waals surface area contributed by atoms with Gasteiger partial charge in [-0.2, -0.15) is 0 Å². The largest absolute Gasteiger partial charge is 0.378 e. The number of carbonyl (C=O) groups excluding carboxylic acids is 2. The molecule has 1 saturated heterocycles. The number of piperidine rings is 1. The monoisotopic (exact) mass is 297 g/mol. The van der Waals surface area contributed by atoms with Gasteiger partial charge in [-0.3, -0.25) is 9.59 Å². The summed E-state index contributed by atoms with van der Waals surface area (Å²) in [6, 6.07) is 0.187. The van der Waals surface area contributed by atoms with Crippen LogP contribution in [0.2, 0.25) is 0 Å². The second kappa shape index (κ2) is 8.34. The highest BCUT2D eigenvalue weighted by Gasteiger charge is 2.25. The summed E-state index contributed by atoms with van der Waals surface area (Å²) in [5, 5.41) is 6.32. The summed E-state index contributed by atoms with van der Waals surface area (Å²) in [4.78, 5) is 23.0. The standard InChI is InChI=1S/C15H27N3O3/c16-15(20)11-1-3-12(4-2-11)18-14(19)7-10-21-13-5-8-17-9-6-13/h11-13,17H,1-10H2,(H2,16,20)(H,18,19). The Labute approximate surface area is 126 Å². The molecule has 1 saturated carbocycles. The van der Waals surface area contributed by atoms with Crippen LogP contribution in [0.25, 0.3) is 0 Å². The SMILES string of the molecule is NC(=O)C1CCC(NC(=O)CCOC2CCNCC2)CC1. The lowest BCUT2D eigenvalue weighted by Crippen LogP contribution is -2.40. The predicted molar refractivity (Wildman–Crippen MR) is 79.5 cm³/mol. The maximum Gasteiger partial charge on any atom is 0.222 e. The fraction of sp³-hybridized carbons (Fsp3) is 0.867. The number of amides is 2. The highest BCUT2D eigenvalue weighted by Crippen LogP contribution is 2.23. The van der Waals surface area contributed by atoms with Crippen LogP contribution in [0, 0.1) is 5.92 Å². The molecule has 2 aliphatic rings. The van der Waals surface area contributed by atoms with Crippen molar-refractivity contribution in [3.8, 4) is 0 Å². The molecule has 0 aromatic rings. The van der Waals surface area contributed by atoms with Crippen molar-refractivity contribution in [2.45, 2.75) is 57.1 Å². The van der Waals surface area contributed by atoms with Gasteiger partial charge in [-0.1, -0.05) is 0 Å². The lowest BCUT2D eigenvalue weighted by atomic mass is 9.85. The molecule has 0 spiro atoms. The van der Waals surface area contributed by atoms with Gasteiger partial charge in [0, 0.05) is 18.4 Å². The number of hydrogen-bond donors (Lipinski definition) is 3. The topological polar surface area (TPSA) is 93.5 Å². The quantitative estimate of drug-likeness (QED) is 0.657. The van der Waals surface area contributed by atoms with E-state index in [0.717, 1.165) is 51.6 Å². The molecule has 21 heavy (non-hydrogen) atoms. The first-order valence-electron chi connectivity index (χ1n) is 8.06. The maximum absolute atomic E-state index is 11.9. The smallest absolute Gasteiger partial charge is 0.222 e. The number of ether oxygens (including phenoxy) is 1. The Bertz CT molecular complexity index is 348. The van der Waals surface area contributed by atoms with E-state index in [1.807, 2.05) is 0 Å². The molecule has 2 fully saturated rings. The molecule has 0 atom stereocenters. The highest BCUT2D eigenvalue weighted by molar-refractivity contribution is 5.77. The summed E-state index contributed by atoms with van der Waals surface area (Å²) in [5.74, 6) is -0.178. The number of hydrogen-bond acceptors (Lipinski definition) is 4. The first-order chi connectivity index (χ1) is 10.1. The van der Waals surface area contributed by atoms with Gasteiger partial charge in [0.25, 0.3) is 0 Å². The van der Waals surface area contributed by atoms with Gasteiger partial charge in [-0.25, -0.2) is 0 Å².